The normalized spacial score (nSPS) is 11.1. The fourth-order valence-electron chi connectivity index (χ4n) is 2.61. The molecule has 124 valence electrons. The number of hydrogen-bond donors (Lipinski definition) is 1. The second-order valence-corrected chi connectivity index (χ2v) is 6.63. The van der Waals surface area contributed by atoms with Crippen molar-refractivity contribution in [3.8, 4) is 11.3 Å². The van der Waals surface area contributed by atoms with Crippen molar-refractivity contribution in [2.75, 3.05) is 5.73 Å². The van der Waals surface area contributed by atoms with Crippen LogP contribution >= 0.6 is 11.8 Å². The molecule has 4 aromatic rings. The third-order valence-corrected chi connectivity index (χ3v) is 4.60. The van der Waals surface area contributed by atoms with Gasteiger partial charge in [-0.3, -0.25) is 0 Å². The first-order valence-electron chi connectivity index (χ1n) is 7.85. The Morgan fingerprint density at radius 3 is 2.72 bits per heavy atom. The fourth-order valence-corrected chi connectivity index (χ4v) is 3.37. The number of aromatic nitrogens is 3. The van der Waals surface area contributed by atoms with E-state index >= 15 is 0 Å². The Bertz CT molecular complexity index is 1020. The van der Waals surface area contributed by atoms with Crippen molar-refractivity contribution < 1.29 is 4.42 Å². The summed E-state index contributed by atoms with van der Waals surface area (Å²) in [7, 11) is 0. The molecule has 2 aromatic carbocycles. The van der Waals surface area contributed by atoms with E-state index in [9.17, 15) is 0 Å². The predicted molar refractivity (Wildman–Crippen MR) is 100 cm³/mol. The van der Waals surface area contributed by atoms with Gasteiger partial charge in [0.05, 0.1) is 11.9 Å². The zero-order chi connectivity index (χ0) is 17.2. The lowest BCUT2D eigenvalue weighted by molar-refractivity contribution is 0.530. The average Bonchev–Trinajstić information content (AvgIpc) is 3.08. The molecule has 25 heavy (non-hydrogen) atoms. The Morgan fingerprint density at radius 2 is 1.88 bits per heavy atom. The zero-order valence-corrected chi connectivity index (χ0v) is 14.5. The number of thioether (sulfide) groups is 1. The van der Waals surface area contributed by atoms with Gasteiger partial charge in [0.25, 0.3) is 0 Å². The number of aryl methyl sites for hydroxylation is 1. The van der Waals surface area contributed by atoms with Crippen LogP contribution in [0, 0.1) is 6.92 Å². The van der Waals surface area contributed by atoms with E-state index in [0.29, 0.717) is 22.6 Å². The van der Waals surface area contributed by atoms with Gasteiger partial charge in [0.2, 0.25) is 5.89 Å². The quantitative estimate of drug-likeness (QED) is 0.433. The standard InChI is InChI=1S/C19H16N4OS/c1-12-8-17(20)23-19(22-12)25-11-18-21-10-16(24-18)15-7-6-13-4-2-3-5-14(13)9-15/h2-10H,11H2,1H3,(H2,20,22,23). The zero-order valence-electron chi connectivity index (χ0n) is 13.6. The average molecular weight is 348 g/mol. The van der Waals surface area contributed by atoms with Crippen molar-refractivity contribution in [3.63, 3.8) is 0 Å². The minimum Gasteiger partial charge on any atom is -0.440 e. The molecule has 0 aliphatic rings. The van der Waals surface area contributed by atoms with E-state index in [2.05, 4.69) is 39.2 Å². The molecule has 0 aliphatic heterocycles. The smallest absolute Gasteiger partial charge is 0.205 e. The summed E-state index contributed by atoms with van der Waals surface area (Å²) >= 11 is 1.45. The molecule has 0 saturated carbocycles. The van der Waals surface area contributed by atoms with Gasteiger partial charge in [-0.15, -0.1) is 0 Å². The van der Waals surface area contributed by atoms with E-state index in [4.69, 9.17) is 10.2 Å². The summed E-state index contributed by atoms with van der Waals surface area (Å²) in [5.41, 5.74) is 7.61. The molecule has 5 nitrogen and oxygen atoms in total. The highest BCUT2D eigenvalue weighted by atomic mass is 32.2. The highest BCUT2D eigenvalue weighted by molar-refractivity contribution is 7.98. The van der Waals surface area contributed by atoms with Crippen LogP contribution in [0.3, 0.4) is 0 Å². The minimum absolute atomic E-state index is 0.472. The Balaban J connectivity index is 1.53. The number of rotatable bonds is 4. The maximum Gasteiger partial charge on any atom is 0.205 e. The lowest BCUT2D eigenvalue weighted by Gasteiger charge is -2.01. The number of fused-ring (bicyclic) bond motifs is 1. The molecular weight excluding hydrogens is 332 g/mol. The van der Waals surface area contributed by atoms with Gasteiger partial charge in [-0.2, -0.15) is 0 Å². The molecule has 0 amide bonds. The molecule has 2 N–H and O–H groups in total. The lowest BCUT2D eigenvalue weighted by atomic mass is 10.1. The molecule has 0 unspecified atom stereocenters. The number of anilines is 1. The van der Waals surface area contributed by atoms with Crippen molar-refractivity contribution in [1.29, 1.82) is 0 Å². The fraction of sp³-hybridized carbons (Fsp3) is 0.105. The molecule has 0 radical (unpaired) electrons. The van der Waals surface area contributed by atoms with Gasteiger partial charge in [-0.25, -0.2) is 15.0 Å². The van der Waals surface area contributed by atoms with E-state index < -0.39 is 0 Å². The number of hydrogen-bond acceptors (Lipinski definition) is 6. The summed E-state index contributed by atoms with van der Waals surface area (Å²) in [6.07, 6.45) is 1.76. The number of nitrogen functional groups attached to an aromatic ring is 1. The Kier molecular flexibility index (Phi) is 4.11. The predicted octanol–water partition coefficient (Wildman–Crippen LogP) is 4.47. The third-order valence-electron chi connectivity index (χ3n) is 3.77. The molecule has 2 aromatic heterocycles. The maximum atomic E-state index is 5.88. The van der Waals surface area contributed by atoms with E-state index in [1.54, 1.807) is 12.3 Å². The van der Waals surface area contributed by atoms with Gasteiger partial charge in [-0.1, -0.05) is 48.2 Å². The highest BCUT2D eigenvalue weighted by Crippen LogP contribution is 2.27. The maximum absolute atomic E-state index is 5.88. The number of oxazole rings is 1. The van der Waals surface area contributed by atoms with E-state index in [0.717, 1.165) is 17.0 Å². The van der Waals surface area contributed by atoms with Gasteiger partial charge in [-0.05, 0) is 23.8 Å². The summed E-state index contributed by atoms with van der Waals surface area (Å²) < 4.78 is 5.88. The first kappa shape index (κ1) is 15.7. The number of benzene rings is 2. The molecular formula is C19H16N4OS. The van der Waals surface area contributed by atoms with Gasteiger partial charge in [0.15, 0.2) is 10.9 Å². The van der Waals surface area contributed by atoms with Crippen molar-refractivity contribution >= 4 is 28.4 Å². The van der Waals surface area contributed by atoms with Gasteiger partial charge >= 0.3 is 0 Å². The summed E-state index contributed by atoms with van der Waals surface area (Å²) in [5.74, 6) is 2.42. The topological polar surface area (TPSA) is 77.8 Å². The summed E-state index contributed by atoms with van der Waals surface area (Å²) in [4.78, 5) is 12.9. The van der Waals surface area contributed by atoms with Gasteiger partial charge in [0, 0.05) is 17.3 Å². The van der Waals surface area contributed by atoms with Crippen LogP contribution in [0.2, 0.25) is 0 Å². The van der Waals surface area contributed by atoms with Gasteiger partial charge in [0.1, 0.15) is 5.82 Å². The second-order valence-electron chi connectivity index (χ2n) is 5.69. The summed E-state index contributed by atoms with van der Waals surface area (Å²) in [5, 5.41) is 3.01. The Labute approximate surface area is 149 Å². The number of nitrogens with zero attached hydrogens (tertiary/aromatic N) is 3. The highest BCUT2D eigenvalue weighted by Gasteiger charge is 2.09. The van der Waals surface area contributed by atoms with Crippen molar-refractivity contribution in [2.45, 2.75) is 17.8 Å². The molecule has 0 saturated heterocycles. The van der Waals surface area contributed by atoms with Crippen LogP contribution < -0.4 is 5.73 Å². The van der Waals surface area contributed by atoms with Crippen LogP contribution in [-0.2, 0) is 5.75 Å². The van der Waals surface area contributed by atoms with Crippen molar-refractivity contribution in [1.82, 2.24) is 15.0 Å². The molecule has 0 atom stereocenters. The van der Waals surface area contributed by atoms with Crippen molar-refractivity contribution in [2.24, 2.45) is 0 Å². The first-order chi connectivity index (χ1) is 12.2. The Hall–Kier alpha value is -2.86. The van der Waals surface area contributed by atoms with Crippen LogP contribution in [0.25, 0.3) is 22.1 Å². The summed E-state index contributed by atoms with van der Waals surface area (Å²) in [6.45, 7) is 1.89. The van der Waals surface area contributed by atoms with Crippen LogP contribution in [0.1, 0.15) is 11.6 Å². The molecule has 6 heteroatoms. The molecule has 2 heterocycles. The Morgan fingerprint density at radius 1 is 1.04 bits per heavy atom. The monoisotopic (exact) mass is 348 g/mol. The minimum atomic E-state index is 0.472. The lowest BCUT2D eigenvalue weighted by Crippen LogP contribution is -1.96. The number of nitrogens with two attached hydrogens (primary N) is 1. The van der Waals surface area contributed by atoms with Crippen LogP contribution in [0.5, 0.6) is 0 Å². The van der Waals surface area contributed by atoms with Gasteiger partial charge < -0.3 is 10.2 Å². The van der Waals surface area contributed by atoms with Crippen LogP contribution in [-0.4, -0.2) is 15.0 Å². The third kappa shape index (κ3) is 3.49. The molecule has 0 aliphatic carbocycles. The summed E-state index contributed by atoms with van der Waals surface area (Å²) in [6, 6.07) is 16.2. The SMILES string of the molecule is Cc1cc(N)nc(SCc2ncc(-c3ccc4ccccc4c3)o2)n1. The molecule has 0 fully saturated rings. The molecule has 0 bridgehead atoms. The van der Waals surface area contributed by atoms with Crippen LogP contribution in [0.15, 0.2) is 64.3 Å². The second kappa shape index (κ2) is 6.57. The largest absolute Gasteiger partial charge is 0.440 e. The molecule has 4 rings (SSSR count). The van der Waals surface area contributed by atoms with Crippen LogP contribution in [0.4, 0.5) is 5.82 Å². The molecule has 0 spiro atoms. The van der Waals surface area contributed by atoms with E-state index in [1.165, 1.54) is 22.5 Å². The first-order valence-corrected chi connectivity index (χ1v) is 8.84. The van der Waals surface area contributed by atoms with E-state index in [1.807, 2.05) is 25.1 Å². The van der Waals surface area contributed by atoms with Crippen molar-refractivity contribution in [3.05, 3.63) is 66.3 Å². The van der Waals surface area contributed by atoms with E-state index in [-0.39, 0.29) is 0 Å².